The second-order valence-corrected chi connectivity index (χ2v) is 7.50. The molecular formula is C19H24FN3O2S. The number of halogens is 1. The first-order valence-corrected chi connectivity index (χ1v) is 8.97. The lowest BCUT2D eigenvalue weighted by molar-refractivity contribution is 0.148. The van der Waals surface area contributed by atoms with Crippen LogP contribution in [0, 0.1) is 5.82 Å². The maximum atomic E-state index is 14.2. The Labute approximate surface area is 157 Å². The molecule has 2 rings (SSSR count). The molecule has 0 fully saturated rings. The lowest BCUT2D eigenvalue weighted by Gasteiger charge is -2.18. The summed E-state index contributed by atoms with van der Waals surface area (Å²) >= 11 is 1.45. The third kappa shape index (κ3) is 6.42. The maximum absolute atomic E-state index is 14.2. The van der Waals surface area contributed by atoms with E-state index in [1.807, 2.05) is 31.4 Å². The molecule has 26 heavy (non-hydrogen) atoms. The van der Waals surface area contributed by atoms with Crippen LogP contribution in [0.3, 0.4) is 0 Å². The van der Waals surface area contributed by atoms with Gasteiger partial charge >= 0.3 is 0 Å². The van der Waals surface area contributed by atoms with Gasteiger partial charge < -0.3 is 15.5 Å². The SMILES string of the molecule is C\C1=C/C=C(NC(O)c2cc(SN(C)C)ccc2F)\C=C/C=N/[C@H](O)C1. The highest BCUT2D eigenvalue weighted by Crippen LogP contribution is 2.25. The van der Waals surface area contributed by atoms with Crippen LogP contribution in [0.5, 0.6) is 0 Å². The van der Waals surface area contributed by atoms with E-state index in [0.717, 1.165) is 10.5 Å². The Morgan fingerprint density at radius 2 is 2.12 bits per heavy atom. The molecule has 0 aromatic heterocycles. The molecular weight excluding hydrogens is 353 g/mol. The molecule has 1 aliphatic rings. The van der Waals surface area contributed by atoms with E-state index in [2.05, 4.69) is 10.3 Å². The van der Waals surface area contributed by atoms with E-state index < -0.39 is 18.3 Å². The normalized spacial score (nSPS) is 25.6. The quantitative estimate of drug-likeness (QED) is 0.543. The fourth-order valence-electron chi connectivity index (χ4n) is 2.32. The van der Waals surface area contributed by atoms with Crippen molar-refractivity contribution in [1.29, 1.82) is 0 Å². The van der Waals surface area contributed by atoms with Crippen LogP contribution in [0.15, 0.2) is 63.7 Å². The number of hydrogen-bond acceptors (Lipinski definition) is 6. The fraction of sp³-hybridized carbons (Fsp3) is 0.316. The van der Waals surface area contributed by atoms with Crippen molar-refractivity contribution in [2.75, 3.05) is 14.1 Å². The predicted molar refractivity (Wildman–Crippen MR) is 104 cm³/mol. The average molecular weight is 377 g/mol. The third-order valence-electron chi connectivity index (χ3n) is 3.53. The molecule has 2 atom stereocenters. The summed E-state index contributed by atoms with van der Waals surface area (Å²) in [5, 5.41) is 23.1. The smallest absolute Gasteiger partial charge is 0.153 e. The number of rotatable bonds is 5. The second kappa shape index (κ2) is 9.68. The van der Waals surface area contributed by atoms with Crippen LogP contribution >= 0.6 is 11.9 Å². The Morgan fingerprint density at radius 3 is 2.85 bits per heavy atom. The molecule has 1 aromatic rings. The molecule has 0 spiro atoms. The third-order valence-corrected chi connectivity index (χ3v) is 4.36. The van der Waals surface area contributed by atoms with Gasteiger partial charge in [-0.2, -0.15) is 0 Å². The first-order valence-electron chi connectivity index (χ1n) is 8.20. The zero-order valence-corrected chi connectivity index (χ0v) is 15.9. The Bertz CT molecular complexity index is 744. The van der Waals surface area contributed by atoms with Crippen molar-refractivity contribution in [3.63, 3.8) is 0 Å². The standard InChI is InChI=1S/C19H24FN3O2S/c1-13-6-7-14(5-4-10-21-18(24)11-13)22-19(25)16-12-15(26-23(2)3)8-9-17(16)20/h4-10,12,18-19,22,24-25H,11H2,1-3H3/b5-4-,13-6+,14-7+,21-10+/t18-,19?/m1/s1. The summed E-state index contributed by atoms with van der Waals surface area (Å²) in [6, 6.07) is 4.65. The Morgan fingerprint density at radius 1 is 1.35 bits per heavy atom. The predicted octanol–water partition coefficient (Wildman–Crippen LogP) is 3.15. The highest BCUT2D eigenvalue weighted by molar-refractivity contribution is 7.97. The van der Waals surface area contributed by atoms with Crippen molar-refractivity contribution in [2.24, 2.45) is 4.99 Å². The molecule has 3 N–H and O–H groups in total. The summed E-state index contributed by atoms with van der Waals surface area (Å²) in [6.45, 7) is 1.89. The van der Waals surface area contributed by atoms with Gasteiger partial charge in [0.05, 0.1) is 0 Å². The van der Waals surface area contributed by atoms with Gasteiger partial charge in [-0.15, -0.1) is 0 Å². The number of hydrogen-bond donors (Lipinski definition) is 3. The molecule has 0 amide bonds. The zero-order valence-electron chi connectivity index (χ0n) is 15.1. The van der Waals surface area contributed by atoms with Crippen molar-refractivity contribution in [3.05, 3.63) is 65.2 Å². The van der Waals surface area contributed by atoms with Gasteiger partial charge in [0.1, 0.15) is 12.0 Å². The summed E-state index contributed by atoms with van der Waals surface area (Å²) in [6.07, 6.45) is 6.91. The molecule has 1 aliphatic heterocycles. The van der Waals surface area contributed by atoms with Crippen LogP contribution in [-0.4, -0.2) is 41.1 Å². The maximum Gasteiger partial charge on any atom is 0.153 e. The summed E-state index contributed by atoms with van der Waals surface area (Å²) in [5.74, 6) is -0.478. The molecule has 0 saturated heterocycles. The van der Waals surface area contributed by atoms with Gasteiger partial charge in [0.25, 0.3) is 0 Å². The molecule has 0 bridgehead atoms. The van der Waals surface area contributed by atoms with Crippen molar-refractivity contribution in [3.8, 4) is 0 Å². The number of allylic oxidation sites excluding steroid dienone is 4. The average Bonchev–Trinajstić information content (AvgIpc) is 2.57. The van der Waals surface area contributed by atoms with E-state index in [1.54, 1.807) is 30.4 Å². The molecule has 1 heterocycles. The van der Waals surface area contributed by atoms with Gasteiger partial charge in [-0.1, -0.05) is 11.6 Å². The molecule has 0 aliphatic carbocycles. The van der Waals surface area contributed by atoms with Crippen LogP contribution in [0.4, 0.5) is 4.39 Å². The van der Waals surface area contributed by atoms with E-state index in [-0.39, 0.29) is 5.56 Å². The van der Waals surface area contributed by atoms with Gasteiger partial charge in [0, 0.05) is 28.8 Å². The van der Waals surface area contributed by atoms with Gasteiger partial charge in [-0.25, -0.2) is 4.39 Å². The minimum atomic E-state index is -1.20. The Hall–Kier alpha value is -1.93. The lowest BCUT2D eigenvalue weighted by atomic mass is 10.1. The van der Waals surface area contributed by atoms with E-state index in [0.29, 0.717) is 12.1 Å². The summed E-state index contributed by atoms with van der Waals surface area (Å²) in [7, 11) is 3.79. The minimum absolute atomic E-state index is 0.174. The highest BCUT2D eigenvalue weighted by atomic mass is 32.2. The van der Waals surface area contributed by atoms with E-state index in [9.17, 15) is 14.6 Å². The van der Waals surface area contributed by atoms with Crippen LogP contribution in [0.2, 0.25) is 0 Å². The van der Waals surface area contributed by atoms with Crippen LogP contribution < -0.4 is 5.32 Å². The van der Waals surface area contributed by atoms with Crippen molar-refractivity contribution < 1.29 is 14.6 Å². The van der Waals surface area contributed by atoms with Crippen molar-refractivity contribution in [1.82, 2.24) is 9.62 Å². The summed E-state index contributed by atoms with van der Waals surface area (Å²) in [4.78, 5) is 4.81. The lowest BCUT2D eigenvalue weighted by Crippen LogP contribution is -2.21. The van der Waals surface area contributed by atoms with Crippen molar-refractivity contribution >= 4 is 18.2 Å². The van der Waals surface area contributed by atoms with E-state index in [1.165, 1.54) is 24.2 Å². The van der Waals surface area contributed by atoms with Gasteiger partial charge in [-0.3, -0.25) is 9.30 Å². The molecule has 1 aromatic carbocycles. The first kappa shape index (κ1) is 20.4. The number of aliphatic hydroxyl groups excluding tert-OH is 2. The minimum Gasteiger partial charge on any atom is -0.371 e. The molecule has 5 nitrogen and oxygen atoms in total. The number of nitrogens with one attached hydrogen (secondary N) is 1. The van der Waals surface area contributed by atoms with Crippen molar-refractivity contribution in [2.45, 2.75) is 30.7 Å². The monoisotopic (exact) mass is 377 g/mol. The number of aliphatic imine (C=N–C) groups is 1. The van der Waals surface area contributed by atoms with Crippen LogP contribution in [-0.2, 0) is 0 Å². The number of benzene rings is 1. The highest BCUT2D eigenvalue weighted by Gasteiger charge is 2.14. The largest absolute Gasteiger partial charge is 0.371 e. The van der Waals surface area contributed by atoms with Crippen LogP contribution in [0.25, 0.3) is 0 Å². The fourth-order valence-corrected chi connectivity index (χ4v) is 3.05. The molecule has 0 saturated carbocycles. The van der Waals surface area contributed by atoms with Crippen LogP contribution in [0.1, 0.15) is 25.1 Å². The first-order chi connectivity index (χ1) is 12.3. The second-order valence-electron chi connectivity index (χ2n) is 6.11. The molecule has 1 unspecified atom stereocenters. The Balaban J connectivity index is 2.21. The van der Waals surface area contributed by atoms with Gasteiger partial charge in [-0.05, 0) is 69.4 Å². The topological polar surface area (TPSA) is 68.1 Å². The number of nitrogens with zero attached hydrogens (tertiary/aromatic N) is 2. The summed E-state index contributed by atoms with van der Waals surface area (Å²) < 4.78 is 16.1. The summed E-state index contributed by atoms with van der Waals surface area (Å²) in [5.41, 5.74) is 1.71. The molecule has 140 valence electrons. The van der Waals surface area contributed by atoms with E-state index >= 15 is 0 Å². The Kier molecular flexibility index (Phi) is 7.59. The number of aliphatic hydroxyl groups is 2. The van der Waals surface area contributed by atoms with Gasteiger partial charge in [0.2, 0.25) is 0 Å². The van der Waals surface area contributed by atoms with E-state index in [4.69, 9.17) is 0 Å². The molecule has 7 heteroatoms. The van der Waals surface area contributed by atoms with Gasteiger partial charge in [0.15, 0.2) is 6.23 Å². The zero-order chi connectivity index (χ0) is 19.1. The molecule has 0 radical (unpaired) electrons.